The number of hydrogen-bond acceptors (Lipinski definition) is 2. The Bertz CT molecular complexity index is 336. The summed E-state index contributed by atoms with van der Waals surface area (Å²) in [4.78, 5) is 21.0. The minimum absolute atomic E-state index is 0.0649. The zero-order valence-corrected chi connectivity index (χ0v) is 6.65. The van der Waals surface area contributed by atoms with Crippen molar-refractivity contribution < 1.29 is 19.8 Å². The Morgan fingerprint density at radius 2 is 1.38 bits per heavy atom. The van der Waals surface area contributed by atoms with Crippen LogP contribution in [0.1, 0.15) is 26.3 Å². The summed E-state index contributed by atoms with van der Waals surface area (Å²) in [6, 6.07) is 3.73. The minimum atomic E-state index is -1.16. The van der Waals surface area contributed by atoms with Crippen LogP contribution >= 0.6 is 0 Å². The van der Waals surface area contributed by atoms with Gasteiger partial charge in [-0.3, -0.25) is 0 Å². The molecule has 0 bridgehead atoms. The van der Waals surface area contributed by atoms with E-state index in [9.17, 15) is 9.59 Å². The molecule has 2 N–H and O–H groups in total. The fourth-order valence-electron chi connectivity index (χ4n) is 0.939. The molecule has 0 fully saturated rings. The zero-order chi connectivity index (χ0) is 10.0. The van der Waals surface area contributed by atoms with Crippen LogP contribution in [0.25, 0.3) is 0 Å². The lowest BCUT2D eigenvalue weighted by Gasteiger charge is -1.99. The van der Waals surface area contributed by atoms with Crippen LogP contribution in [-0.2, 0) is 0 Å². The largest absolute Gasteiger partial charge is 0.478 e. The summed E-state index contributed by atoms with van der Waals surface area (Å²) in [5.41, 5.74) is 0.243. The number of carbonyl (C=O) groups is 2. The van der Waals surface area contributed by atoms with E-state index in [1.807, 2.05) is 0 Å². The smallest absolute Gasteiger partial charge is 0.335 e. The first-order valence-electron chi connectivity index (χ1n) is 3.44. The Kier molecular flexibility index (Phi) is 2.32. The van der Waals surface area contributed by atoms with Gasteiger partial charge in [-0.1, -0.05) is 0 Å². The molecule has 0 aromatic heterocycles. The first-order valence-corrected chi connectivity index (χ1v) is 3.44. The van der Waals surface area contributed by atoms with Crippen LogP contribution in [0, 0.1) is 6.92 Å². The van der Waals surface area contributed by atoms with Gasteiger partial charge < -0.3 is 10.2 Å². The molecule has 67 valence electrons. The molecular weight excluding hydrogens is 172 g/mol. The molecule has 0 amide bonds. The second kappa shape index (κ2) is 3.26. The summed E-state index contributed by atoms with van der Waals surface area (Å²) in [6.07, 6.45) is 0. The van der Waals surface area contributed by atoms with Crippen LogP contribution in [0.4, 0.5) is 0 Å². The summed E-state index contributed by atoms with van der Waals surface area (Å²) < 4.78 is 0. The van der Waals surface area contributed by atoms with Crippen molar-refractivity contribution in [1.82, 2.24) is 0 Å². The molecule has 1 aromatic rings. The molecule has 4 heteroatoms. The van der Waals surface area contributed by atoms with Crippen molar-refractivity contribution >= 4 is 11.9 Å². The van der Waals surface area contributed by atoms with Crippen LogP contribution in [0.3, 0.4) is 0 Å². The van der Waals surface area contributed by atoms with E-state index in [-0.39, 0.29) is 11.1 Å². The van der Waals surface area contributed by atoms with Crippen LogP contribution in [-0.4, -0.2) is 22.2 Å². The van der Waals surface area contributed by atoms with Gasteiger partial charge in [-0.2, -0.15) is 0 Å². The average Bonchev–Trinajstić information content (AvgIpc) is 2.03. The molecule has 0 saturated heterocycles. The highest BCUT2D eigenvalue weighted by Crippen LogP contribution is 2.09. The van der Waals surface area contributed by atoms with Gasteiger partial charge in [-0.15, -0.1) is 0 Å². The Morgan fingerprint density at radius 3 is 1.69 bits per heavy atom. The van der Waals surface area contributed by atoms with Crippen molar-refractivity contribution in [3.05, 3.63) is 41.8 Å². The fourth-order valence-corrected chi connectivity index (χ4v) is 0.939. The van der Waals surface area contributed by atoms with Crippen molar-refractivity contribution in [2.24, 2.45) is 0 Å². The molecular formula is C9H7O4. The van der Waals surface area contributed by atoms with Crippen LogP contribution < -0.4 is 0 Å². The Morgan fingerprint density at radius 1 is 1.00 bits per heavy atom. The van der Waals surface area contributed by atoms with Gasteiger partial charge in [0.25, 0.3) is 0 Å². The van der Waals surface area contributed by atoms with Crippen molar-refractivity contribution in [2.75, 3.05) is 0 Å². The Labute approximate surface area is 74.4 Å². The molecule has 0 unspecified atom stereocenters. The summed E-state index contributed by atoms with van der Waals surface area (Å²) >= 11 is 0. The van der Waals surface area contributed by atoms with Crippen molar-refractivity contribution in [2.45, 2.75) is 0 Å². The molecule has 0 aliphatic rings. The predicted molar refractivity (Wildman–Crippen MR) is 44.8 cm³/mol. The lowest BCUT2D eigenvalue weighted by molar-refractivity contribution is 0.0696. The highest BCUT2D eigenvalue weighted by Gasteiger charge is 2.09. The first kappa shape index (κ1) is 9.25. The second-order valence-electron chi connectivity index (χ2n) is 2.53. The van der Waals surface area contributed by atoms with Gasteiger partial charge in [-0.25, -0.2) is 9.59 Å². The van der Waals surface area contributed by atoms with E-state index < -0.39 is 11.9 Å². The maximum atomic E-state index is 10.5. The first-order chi connectivity index (χ1) is 6.00. The van der Waals surface area contributed by atoms with Gasteiger partial charge in [0.05, 0.1) is 11.1 Å². The standard InChI is InChI=1S/C9H7O4/c1-5-2-6(8(10)11)4-7(3-5)9(12)13/h2-4H,1H2,(H,10,11)(H,12,13). The number of carboxylic acid groups (broad SMARTS) is 2. The monoisotopic (exact) mass is 179 g/mol. The summed E-state index contributed by atoms with van der Waals surface area (Å²) in [5, 5.41) is 17.2. The number of rotatable bonds is 2. The molecule has 1 radical (unpaired) electrons. The van der Waals surface area contributed by atoms with Crippen molar-refractivity contribution in [3.63, 3.8) is 0 Å². The topological polar surface area (TPSA) is 74.6 Å². The lowest BCUT2D eigenvalue weighted by atomic mass is 10.1. The van der Waals surface area contributed by atoms with Crippen LogP contribution in [0.5, 0.6) is 0 Å². The van der Waals surface area contributed by atoms with E-state index in [4.69, 9.17) is 10.2 Å². The SMILES string of the molecule is [CH2]c1cc(C(=O)O)cc(C(=O)O)c1. The van der Waals surface area contributed by atoms with Crippen LogP contribution in [0.2, 0.25) is 0 Å². The van der Waals surface area contributed by atoms with E-state index in [1.165, 1.54) is 12.1 Å². The van der Waals surface area contributed by atoms with E-state index in [0.29, 0.717) is 5.56 Å². The van der Waals surface area contributed by atoms with Gasteiger partial charge in [0.15, 0.2) is 0 Å². The highest BCUT2D eigenvalue weighted by molar-refractivity contribution is 5.94. The molecule has 0 heterocycles. The number of benzene rings is 1. The third-order valence-corrected chi connectivity index (χ3v) is 1.49. The minimum Gasteiger partial charge on any atom is -0.478 e. The number of aromatic carboxylic acids is 2. The molecule has 0 aliphatic heterocycles. The fraction of sp³-hybridized carbons (Fsp3) is 0. The van der Waals surface area contributed by atoms with Crippen LogP contribution in [0.15, 0.2) is 18.2 Å². The quantitative estimate of drug-likeness (QED) is 0.716. The summed E-state index contributed by atoms with van der Waals surface area (Å²) in [6.45, 7) is 3.48. The van der Waals surface area contributed by atoms with E-state index in [1.54, 1.807) is 0 Å². The lowest BCUT2D eigenvalue weighted by Crippen LogP contribution is -2.02. The van der Waals surface area contributed by atoms with E-state index in [2.05, 4.69) is 6.92 Å². The Balaban J connectivity index is 3.26. The van der Waals surface area contributed by atoms with Gasteiger partial charge in [0.2, 0.25) is 0 Å². The molecule has 0 atom stereocenters. The van der Waals surface area contributed by atoms with Gasteiger partial charge in [-0.05, 0) is 30.7 Å². The maximum absolute atomic E-state index is 10.5. The molecule has 1 aromatic carbocycles. The molecule has 0 spiro atoms. The summed E-state index contributed by atoms with van der Waals surface area (Å²) in [5.74, 6) is -2.32. The maximum Gasteiger partial charge on any atom is 0.335 e. The van der Waals surface area contributed by atoms with Crippen molar-refractivity contribution in [3.8, 4) is 0 Å². The third kappa shape index (κ3) is 2.05. The Hall–Kier alpha value is -1.84. The van der Waals surface area contributed by atoms with Gasteiger partial charge in [0.1, 0.15) is 0 Å². The molecule has 0 saturated carbocycles. The normalized spacial score (nSPS) is 9.62. The molecule has 1 rings (SSSR count). The molecule has 13 heavy (non-hydrogen) atoms. The van der Waals surface area contributed by atoms with Gasteiger partial charge >= 0.3 is 11.9 Å². The molecule has 4 nitrogen and oxygen atoms in total. The molecule has 0 aliphatic carbocycles. The third-order valence-electron chi connectivity index (χ3n) is 1.49. The van der Waals surface area contributed by atoms with E-state index >= 15 is 0 Å². The predicted octanol–water partition coefficient (Wildman–Crippen LogP) is 1.27. The highest BCUT2D eigenvalue weighted by atomic mass is 16.4. The van der Waals surface area contributed by atoms with Crippen molar-refractivity contribution in [1.29, 1.82) is 0 Å². The zero-order valence-electron chi connectivity index (χ0n) is 6.65. The summed E-state index contributed by atoms with van der Waals surface area (Å²) in [7, 11) is 0. The number of carboxylic acids is 2. The second-order valence-corrected chi connectivity index (χ2v) is 2.53. The number of hydrogen-bond donors (Lipinski definition) is 2. The average molecular weight is 179 g/mol. The van der Waals surface area contributed by atoms with E-state index in [0.717, 1.165) is 6.07 Å². The van der Waals surface area contributed by atoms with Gasteiger partial charge in [0, 0.05) is 0 Å².